The van der Waals surface area contributed by atoms with Crippen LogP contribution in [0.2, 0.25) is 0 Å². The van der Waals surface area contributed by atoms with Crippen molar-refractivity contribution in [3.63, 3.8) is 0 Å². The van der Waals surface area contributed by atoms with E-state index in [0.29, 0.717) is 11.3 Å². The number of aromatic nitrogens is 4. The number of ketones is 1. The monoisotopic (exact) mass is 430 g/mol. The third-order valence-electron chi connectivity index (χ3n) is 4.75. The summed E-state index contributed by atoms with van der Waals surface area (Å²) in [6, 6.07) is 13.9. The van der Waals surface area contributed by atoms with Gasteiger partial charge in [-0.3, -0.25) is 19.7 Å². The maximum Gasteiger partial charge on any atom is 0.270 e. The van der Waals surface area contributed by atoms with Crippen LogP contribution in [0.25, 0.3) is 5.78 Å². The van der Waals surface area contributed by atoms with Crippen LogP contribution >= 0.6 is 0 Å². The fraction of sp³-hybridized carbons (Fsp3) is 0.136. The maximum absolute atomic E-state index is 13.0. The molecule has 0 aliphatic heterocycles. The van der Waals surface area contributed by atoms with Gasteiger partial charge in [-0.15, -0.1) is 5.10 Å². The molecular weight excluding hydrogens is 412 g/mol. The number of fused-ring (bicyclic) bond motifs is 1. The Morgan fingerprint density at radius 1 is 1.06 bits per heavy atom. The average molecular weight is 430 g/mol. The Morgan fingerprint density at radius 3 is 2.53 bits per heavy atom. The van der Waals surface area contributed by atoms with Crippen molar-refractivity contribution in [2.45, 2.75) is 20.3 Å². The van der Waals surface area contributed by atoms with Crippen LogP contribution in [-0.4, -0.2) is 36.2 Å². The number of benzene rings is 2. The van der Waals surface area contributed by atoms with E-state index in [0.717, 1.165) is 17.5 Å². The van der Waals surface area contributed by atoms with Crippen LogP contribution in [0.5, 0.6) is 0 Å². The van der Waals surface area contributed by atoms with Crippen LogP contribution in [0.4, 0.5) is 11.4 Å². The number of nitro benzene ring substituents is 1. The van der Waals surface area contributed by atoms with Gasteiger partial charge in [-0.2, -0.15) is 4.98 Å². The van der Waals surface area contributed by atoms with Gasteiger partial charge in [0, 0.05) is 29.1 Å². The average Bonchev–Trinajstić information content (AvgIpc) is 3.16. The van der Waals surface area contributed by atoms with E-state index in [1.165, 1.54) is 12.1 Å². The Morgan fingerprint density at radius 2 is 1.81 bits per heavy atom. The minimum atomic E-state index is -0.592. The van der Waals surface area contributed by atoms with Gasteiger partial charge in [0.1, 0.15) is 0 Å². The van der Waals surface area contributed by atoms with Crippen molar-refractivity contribution in [2.75, 3.05) is 5.32 Å². The first-order valence-electron chi connectivity index (χ1n) is 9.70. The van der Waals surface area contributed by atoms with E-state index in [4.69, 9.17) is 0 Å². The second-order valence-electron chi connectivity index (χ2n) is 7.19. The third-order valence-corrected chi connectivity index (χ3v) is 4.75. The Kier molecular flexibility index (Phi) is 5.42. The molecule has 32 heavy (non-hydrogen) atoms. The molecule has 0 aliphatic carbocycles. The van der Waals surface area contributed by atoms with E-state index in [9.17, 15) is 19.7 Å². The number of hydrogen-bond donors (Lipinski definition) is 1. The summed E-state index contributed by atoms with van der Waals surface area (Å²) in [5.74, 6) is -0.251. The van der Waals surface area contributed by atoms with Crippen molar-refractivity contribution in [3.8, 4) is 0 Å². The quantitative estimate of drug-likeness (QED) is 0.282. The summed E-state index contributed by atoms with van der Waals surface area (Å²) in [7, 11) is 0. The molecule has 2 aromatic heterocycles. The molecule has 0 atom stereocenters. The molecule has 0 aliphatic rings. The smallest absolute Gasteiger partial charge is 0.270 e. The molecule has 4 rings (SSSR count). The number of carbonyl (C=O) groups is 2. The lowest BCUT2D eigenvalue weighted by Crippen LogP contribution is -2.18. The van der Waals surface area contributed by atoms with Crippen LogP contribution in [-0.2, 0) is 11.2 Å². The summed E-state index contributed by atoms with van der Waals surface area (Å²) in [5.41, 5.74) is 1.91. The molecule has 1 N–H and O–H groups in total. The van der Waals surface area contributed by atoms with Crippen molar-refractivity contribution in [2.24, 2.45) is 0 Å². The fourth-order valence-electron chi connectivity index (χ4n) is 3.31. The van der Waals surface area contributed by atoms with Crippen LogP contribution in [0, 0.1) is 24.0 Å². The van der Waals surface area contributed by atoms with Crippen molar-refractivity contribution in [3.05, 3.63) is 93.1 Å². The number of nitrogens with one attached hydrogen (secondary N) is 1. The van der Waals surface area contributed by atoms with E-state index in [1.54, 1.807) is 34.8 Å². The number of aryl methyl sites for hydroxylation is 2. The number of nitrogens with zero attached hydrogens (tertiary/aromatic N) is 5. The van der Waals surface area contributed by atoms with Gasteiger partial charge < -0.3 is 5.32 Å². The lowest BCUT2D eigenvalue weighted by Gasteiger charge is -2.10. The summed E-state index contributed by atoms with van der Waals surface area (Å²) in [4.78, 5) is 44.8. The number of non-ortho nitro benzene ring substituents is 1. The summed E-state index contributed by atoms with van der Waals surface area (Å²) < 4.78 is 1.55. The number of rotatable bonds is 6. The third kappa shape index (κ3) is 4.19. The highest BCUT2D eigenvalue weighted by Gasteiger charge is 2.20. The summed E-state index contributed by atoms with van der Waals surface area (Å²) in [6.07, 6.45) is -0.155. The predicted molar refractivity (Wildman–Crippen MR) is 116 cm³/mol. The first-order valence-corrected chi connectivity index (χ1v) is 9.70. The molecule has 4 aromatic rings. The predicted octanol–water partition coefficient (Wildman–Crippen LogP) is 3.06. The molecule has 0 saturated carbocycles. The van der Waals surface area contributed by atoms with Gasteiger partial charge in [0.05, 0.1) is 22.6 Å². The molecule has 0 bridgehead atoms. The SMILES string of the molecule is Cc1cc(C)n2nc(CC(=O)Nc3ccc([N+](=O)[O-])cc3C(=O)c3ccccc3)nc2n1. The maximum atomic E-state index is 13.0. The second-order valence-corrected chi connectivity index (χ2v) is 7.19. The topological polar surface area (TPSA) is 132 Å². The minimum Gasteiger partial charge on any atom is -0.325 e. The van der Waals surface area contributed by atoms with Gasteiger partial charge in [0.2, 0.25) is 5.91 Å². The largest absolute Gasteiger partial charge is 0.325 e. The van der Waals surface area contributed by atoms with Crippen LogP contribution in [0.15, 0.2) is 54.6 Å². The van der Waals surface area contributed by atoms with Crippen LogP contribution < -0.4 is 5.32 Å². The van der Waals surface area contributed by atoms with Crippen molar-refractivity contribution < 1.29 is 14.5 Å². The highest BCUT2D eigenvalue weighted by Crippen LogP contribution is 2.25. The van der Waals surface area contributed by atoms with E-state index in [1.807, 2.05) is 19.9 Å². The molecular formula is C22H18N6O4. The van der Waals surface area contributed by atoms with E-state index < -0.39 is 16.6 Å². The molecule has 0 fully saturated rings. The van der Waals surface area contributed by atoms with Gasteiger partial charge in [0.15, 0.2) is 11.6 Å². The van der Waals surface area contributed by atoms with Crippen LogP contribution in [0.3, 0.4) is 0 Å². The first-order chi connectivity index (χ1) is 15.3. The van der Waals surface area contributed by atoms with Gasteiger partial charge in [-0.1, -0.05) is 30.3 Å². The molecule has 0 unspecified atom stereocenters. The zero-order valence-corrected chi connectivity index (χ0v) is 17.3. The van der Waals surface area contributed by atoms with E-state index >= 15 is 0 Å². The standard InChI is InChI=1S/C22H18N6O4/c1-13-10-14(2)27-22(23-13)25-19(26-27)12-20(29)24-18-9-8-16(28(31)32)11-17(18)21(30)15-6-4-3-5-7-15/h3-11H,12H2,1-2H3,(H,24,29). The molecule has 10 heteroatoms. The highest BCUT2D eigenvalue weighted by molar-refractivity contribution is 6.14. The summed E-state index contributed by atoms with van der Waals surface area (Å²) in [6.45, 7) is 3.70. The molecule has 2 aromatic carbocycles. The second kappa shape index (κ2) is 8.34. The van der Waals surface area contributed by atoms with Gasteiger partial charge in [-0.05, 0) is 26.0 Å². The zero-order chi connectivity index (χ0) is 22.8. The Hall–Kier alpha value is -4.47. The van der Waals surface area contributed by atoms with Gasteiger partial charge in [-0.25, -0.2) is 9.50 Å². The molecule has 10 nitrogen and oxygen atoms in total. The normalized spacial score (nSPS) is 10.8. The highest BCUT2D eigenvalue weighted by atomic mass is 16.6. The van der Waals surface area contributed by atoms with Gasteiger partial charge in [0.25, 0.3) is 11.5 Å². The number of carbonyl (C=O) groups excluding carboxylic acids is 2. The molecule has 0 radical (unpaired) electrons. The fourth-order valence-corrected chi connectivity index (χ4v) is 3.31. The lowest BCUT2D eigenvalue weighted by molar-refractivity contribution is -0.384. The Balaban J connectivity index is 1.62. The van der Waals surface area contributed by atoms with Crippen LogP contribution in [0.1, 0.15) is 33.1 Å². The molecule has 0 saturated heterocycles. The lowest BCUT2D eigenvalue weighted by atomic mass is 10.0. The zero-order valence-electron chi connectivity index (χ0n) is 17.3. The Labute approximate surface area is 182 Å². The van der Waals surface area contributed by atoms with Crippen molar-refractivity contribution in [1.29, 1.82) is 0 Å². The number of hydrogen-bond acceptors (Lipinski definition) is 7. The summed E-state index contributed by atoms with van der Waals surface area (Å²) >= 11 is 0. The van der Waals surface area contributed by atoms with Gasteiger partial charge >= 0.3 is 0 Å². The minimum absolute atomic E-state index is 0.0230. The van der Waals surface area contributed by atoms with E-state index in [-0.39, 0.29) is 29.2 Å². The molecule has 1 amide bonds. The van der Waals surface area contributed by atoms with Crippen molar-refractivity contribution >= 4 is 28.8 Å². The first kappa shape index (κ1) is 20.8. The number of nitro groups is 1. The molecule has 2 heterocycles. The molecule has 0 spiro atoms. The van der Waals surface area contributed by atoms with E-state index in [2.05, 4.69) is 20.4 Å². The Bertz CT molecular complexity index is 1360. The van der Waals surface area contributed by atoms with Crippen molar-refractivity contribution in [1.82, 2.24) is 19.6 Å². The number of amides is 1. The summed E-state index contributed by atoms with van der Waals surface area (Å²) in [5, 5.41) is 18.2. The number of anilines is 1. The molecule has 160 valence electrons.